The summed E-state index contributed by atoms with van der Waals surface area (Å²) in [6, 6.07) is 26.4. The molecule has 2 heterocycles. The molecule has 0 fully saturated rings. The van der Waals surface area contributed by atoms with Gasteiger partial charge in [0, 0.05) is 12.7 Å². The number of carbonyl (C=O) groups is 1. The van der Waals surface area contributed by atoms with Gasteiger partial charge in [0.1, 0.15) is 17.2 Å². The molecular weight excluding hydrogens is 520 g/mol. The maximum Gasteiger partial charge on any atom is 0.295 e. The topological polar surface area (TPSA) is 103 Å². The van der Waals surface area contributed by atoms with E-state index in [-0.39, 0.29) is 22.9 Å². The van der Waals surface area contributed by atoms with Crippen molar-refractivity contribution in [2.75, 3.05) is 16.4 Å². The fourth-order valence-electron chi connectivity index (χ4n) is 3.69. The van der Waals surface area contributed by atoms with Gasteiger partial charge in [0.25, 0.3) is 5.56 Å². The maximum atomic E-state index is 13.0. The number of nitrogens with zero attached hydrogens (tertiary/aromatic N) is 4. The van der Waals surface area contributed by atoms with Crippen molar-refractivity contribution in [1.29, 1.82) is 0 Å². The molecule has 9 nitrogen and oxygen atoms in total. The fourth-order valence-corrected chi connectivity index (χ4v) is 5.26. The lowest BCUT2D eigenvalue weighted by atomic mass is 10.3. The highest BCUT2D eigenvalue weighted by Crippen LogP contribution is 2.29. The number of para-hydroxylation sites is 2. The second kappa shape index (κ2) is 11.4. The summed E-state index contributed by atoms with van der Waals surface area (Å²) in [5.74, 6) is 1.30. The van der Waals surface area contributed by atoms with Crippen LogP contribution in [-0.4, -0.2) is 31.2 Å². The third-order valence-corrected chi connectivity index (χ3v) is 7.61. The highest BCUT2D eigenvalue weighted by molar-refractivity contribution is 8.01. The minimum atomic E-state index is -0.292. The smallest absolute Gasteiger partial charge is 0.295 e. The molecule has 0 bridgehead atoms. The zero-order valence-corrected chi connectivity index (χ0v) is 22.3. The van der Waals surface area contributed by atoms with E-state index in [1.807, 2.05) is 84.9 Å². The number of thioether (sulfide) groups is 1. The van der Waals surface area contributed by atoms with Crippen molar-refractivity contribution in [3.63, 3.8) is 0 Å². The molecule has 0 unspecified atom stereocenters. The van der Waals surface area contributed by atoms with Crippen LogP contribution in [0, 0.1) is 6.92 Å². The van der Waals surface area contributed by atoms with Crippen LogP contribution in [0.5, 0.6) is 11.5 Å². The predicted molar refractivity (Wildman–Crippen MR) is 151 cm³/mol. The molecule has 0 spiro atoms. The van der Waals surface area contributed by atoms with Crippen LogP contribution in [0.2, 0.25) is 0 Å². The lowest BCUT2D eigenvalue weighted by Gasteiger charge is -2.07. The van der Waals surface area contributed by atoms with Gasteiger partial charge >= 0.3 is 0 Å². The minimum Gasteiger partial charge on any atom is -0.457 e. The van der Waals surface area contributed by atoms with Crippen LogP contribution >= 0.6 is 23.1 Å². The number of carbonyl (C=O) groups excluding carboxylic acids is 1. The molecule has 5 rings (SSSR count). The first-order valence-corrected chi connectivity index (χ1v) is 13.5. The van der Waals surface area contributed by atoms with Gasteiger partial charge in [-0.05, 0) is 55.5 Å². The summed E-state index contributed by atoms with van der Waals surface area (Å²) in [6.45, 7) is 1.80. The van der Waals surface area contributed by atoms with E-state index >= 15 is 0 Å². The lowest BCUT2D eigenvalue weighted by Crippen LogP contribution is -2.23. The number of aromatic nitrogens is 4. The molecule has 0 atom stereocenters. The average molecular weight is 545 g/mol. The van der Waals surface area contributed by atoms with E-state index in [2.05, 4.69) is 20.8 Å². The van der Waals surface area contributed by atoms with E-state index in [0.29, 0.717) is 15.2 Å². The van der Waals surface area contributed by atoms with Crippen LogP contribution in [0.1, 0.15) is 5.69 Å². The Labute approximate surface area is 227 Å². The van der Waals surface area contributed by atoms with Crippen molar-refractivity contribution in [2.24, 2.45) is 7.05 Å². The van der Waals surface area contributed by atoms with Gasteiger partial charge in [-0.3, -0.25) is 14.3 Å². The first kappa shape index (κ1) is 25.3. The first-order valence-electron chi connectivity index (χ1n) is 11.7. The van der Waals surface area contributed by atoms with E-state index in [1.165, 1.54) is 27.8 Å². The highest BCUT2D eigenvalue weighted by atomic mass is 32.2. The Bertz CT molecular complexity index is 1600. The Morgan fingerprint density at radius 2 is 1.61 bits per heavy atom. The largest absolute Gasteiger partial charge is 0.457 e. The Balaban J connectivity index is 1.16. The molecule has 0 radical (unpaired) electrons. The quantitative estimate of drug-likeness (QED) is 0.233. The minimum absolute atomic E-state index is 0.0965. The van der Waals surface area contributed by atoms with E-state index in [9.17, 15) is 9.59 Å². The summed E-state index contributed by atoms with van der Waals surface area (Å²) in [7, 11) is 1.79. The van der Waals surface area contributed by atoms with Gasteiger partial charge in [-0.2, -0.15) is 0 Å². The van der Waals surface area contributed by atoms with Crippen molar-refractivity contribution in [3.8, 4) is 17.2 Å². The molecule has 192 valence electrons. The second-order valence-electron chi connectivity index (χ2n) is 8.21. The van der Waals surface area contributed by atoms with Crippen LogP contribution in [0.15, 0.2) is 94.1 Å². The molecule has 5 aromatic rings. The predicted octanol–water partition coefficient (Wildman–Crippen LogP) is 5.60. The number of hydrogen-bond donors (Lipinski definition) is 2. The Morgan fingerprint density at radius 1 is 0.947 bits per heavy atom. The summed E-state index contributed by atoms with van der Waals surface area (Å²) in [6.07, 6.45) is 0. The van der Waals surface area contributed by atoms with Gasteiger partial charge in [-0.25, -0.2) is 4.68 Å². The fraction of sp³-hybridized carbons (Fsp3) is 0.111. The number of anilines is 3. The summed E-state index contributed by atoms with van der Waals surface area (Å²) >= 11 is 2.60. The first-order chi connectivity index (χ1) is 18.5. The summed E-state index contributed by atoms with van der Waals surface area (Å²) in [4.78, 5) is 25.6. The van der Waals surface area contributed by atoms with Gasteiger partial charge in [0.05, 0.1) is 17.1 Å². The van der Waals surface area contributed by atoms with Crippen molar-refractivity contribution >= 4 is 45.5 Å². The van der Waals surface area contributed by atoms with Gasteiger partial charge < -0.3 is 15.4 Å². The van der Waals surface area contributed by atoms with E-state index in [0.717, 1.165) is 22.9 Å². The molecule has 11 heteroatoms. The third-order valence-electron chi connectivity index (χ3n) is 5.64. The molecule has 38 heavy (non-hydrogen) atoms. The number of benzene rings is 3. The van der Waals surface area contributed by atoms with Crippen molar-refractivity contribution in [3.05, 3.63) is 101 Å². The Kier molecular flexibility index (Phi) is 7.57. The molecule has 0 saturated heterocycles. The molecule has 0 aliphatic rings. The van der Waals surface area contributed by atoms with Crippen LogP contribution < -0.4 is 20.9 Å². The SMILES string of the molecule is Cc1c(NC(=O)CSc2nnc(Nc3ccc(Oc4ccccc4)cc3)s2)c(=O)n(-c2ccccc2)n1C. The van der Waals surface area contributed by atoms with Gasteiger partial charge in [-0.15, -0.1) is 10.2 Å². The summed E-state index contributed by atoms with van der Waals surface area (Å²) < 4.78 is 9.70. The zero-order chi connectivity index (χ0) is 26.5. The molecule has 0 aliphatic carbocycles. The normalized spacial score (nSPS) is 10.8. The van der Waals surface area contributed by atoms with Gasteiger partial charge in [-0.1, -0.05) is 59.5 Å². The number of ether oxygens (including phenoxy) is 1. The number of nitrogens with one attached hydrogen (secondary N) is 2. The molecule has 2 N–H and O–H groups in total. The third kappa shape index (κ3) is 5.79. The van der Waals surface area contributed by atoms with Crippen molar-refractivity contribution < 1.29 is 9.53 Å². The van der Waals surface area contributed by atoms with Crippen molar-refractivity contribution in [2.45, 2.75) is 11.3 Å². The Morgan fingerprint density at radius 3 is 2.32 bits per heavy atom. The van der Waals surface area contributed by atoms with Crippen LogP contribution in [0.3, 0.4) is 0 Å². The lowest BCUT2D eigenvalue weighted by molar-refractivity contribution is -0.113. The van der Waals surface area contributed by atoms with Crippen LogP contribution in [-0.2, 0) is 11.8 Å². The van der Waals surface area contributed by atoms with E-state index in [1.54, 1.807) is 18.7 Å². The Hall–Kier alpha value is -4.35. The maximum absolute atomic E-state index is 13.0. The number of hydrogen-bond acceptors (Lipinski definition) is 8. The standard InChI is InChI=1S/C27H24N6O3S2/c1-18-24(25(35)33(32(18)2)20-9-5-3-6-10-20)29-23(34)17-37-27-31-30-26(38-27)28-19-13-15-22(16-14-19)36-21-11-7-4-8-12-21/h3-16H,17H2,1-2H3,(H,28,30)(H,29,34). The van der Waals surface area contributed by atoms with Crippen molar-refractivity contribution in [1.82, 2.24) is 19.6 Å². The molecule has 3 aromatic carbocycles. The van der Waals surface area contributed by atoms with Gasteiger partial charge in [0.2, 0.25) is 11.0 Å². The molecule has 1 amide bonds. The molecule has 0 saturated carbocycles. The monoisotopic (exact) mass is 544 g/mol. The summed E-state index contributed by atoms with van der Waals surface area (Å²) in [5, 5.41) is 14.9. The second-order valence-corrected chi connectivity index (χ2v) is 10.4. The molecular formula is C27H24N6O3S2. The molecule has 0 aliphatic heterocycles. The average Bonchev–Trinajstić information content (AvgIpc) is 3.47. The highest BCUT2D eigenvalue weighted by Gasteiger charge is 2.18. The number of rotatable bonds is 9. The van der Waals surface area contributed by atoms with Crippen LogP contribution in [0.25, 0.3) is 5.69 Å². The zero-order valence-electron chi connectivity index (χ0n) is 20.6. The number of amides is 1. The van der Waals surface area contributed by atoms with E-state index < -0.39 is 0 Å². The molecule has 2 aromatic heterocycles. The van der Waals surface area contributed by atoms with E-state index in [4.69, 9.17) is 4.74 Å². The summed E-state index contributed by atoms with van der Waals surface area (Å²) in [5.41, 5.74) is 2.22. The van der Waals surface area contributed by atoms with Crippen LogP contribution in [0.4, 0.5) is 16.5 Å². The van der Waals surface area contributed by atoms with Gasteiger partial charge in [0.15, 0.2) is 4.34 Å².